The van der Waals surface area contributed by atoms with Gasteiger partial charge in [-0.1, -0.05) is 6.07 Å². The number of phenols is 1. The molecule has 5 nitrogen and oxygen atoms in total. The Balaban J connectivity index is 1.89. The van der Waals surface area contributed by atoms with Gasteiger partial charge in [-0.3, -0.25) is 4.79 Å². The van der Waals surface area contributed by atoms with E-state index in [1.165, 1.54) is 7.11 Å². The zero-order valence-electron chi connectivity index (χ0n) is 9.96. The van der Waals surface area contributed by atoms with Crippen molar-refractivity contribution in [1.82, 2.24) is 0 Å². The average molecular weight is 250 g/mol. The molecule has 0 saturated carbocycles. The van der Waals surface area contributed by atoms with Crippen molar-refractivity contribution < 1.29 is 24.1 Å². The highest BCUT2D eigenvalue weighted by Crippen LogP contribution is 2.44. The van der Waals surface area contributed by atoms with E-state index in [2.05, 4.69) is 0 Å². The van der Waals surface area contributed by atoms with E-state index >= 15 is 0 Å². The Labute approximate surface area is 104 Å². The molecule has 96 valence electrons. The summed E-state index contributed by atoms with van der Waals surface area (Å²) in [5.74, 6) is 0.231. The summed E-state index contributed by atoms with van der Waals surface area (Å²) in [5, 5.41) is 9.56. The summed E-state index contributed by atoms with van der Waals surface area (Å²) in [4.78, 5) is 11.4. The Hall–Kier alpha value is -1.75. The fourth-order valence-electron chi connectivity index (χ4n) is 2.61. The van der Waals surface area contributed by atoms with Crippen molar-refractivity contribution in [2.45, 2.75) is 6.10 Å². The maximum absolute atomic E-state index is 11.4. The molecule has 2 aliphatic heterocycles. The lowest BCUT2D eigenvalue weighted by Gasteiger charge is -2.16. The number of carbonyl (C=O) groups is 1. The summed E-state index contributed by atoms with van der Waals surface area (Å²) >= 11 is 0. The largest absolute Gasteiger partial charge is 0.504 e. The molecule has 1 aromatic carbocycles. The second kappa shape index (κ2) is 4.17. The average Bonchev–Trinajstić information content (AvgIpc) is 2.94. The summed E-state index contributed by atoms with van der Waals surface area (Å²) in [6, 6.07) is 5.10. The molecule has 2 heterocycles. The number of aromatic hydroxyl groups is 1. The van der Waals surface area contributed by atoms with Gasteiger partial charge in [-0.25, -0.2) is 0 Å². The second-order valence-electron chi connectivity index (χ2n) is 4.59. The van der Waals surface area contributed by atoms with E-state index in [4.69, 9.17) is 14.2 Å². The Morgan fingerprint density at radius 3 is 3.00 bits per heavy atom. The van der Waals surface area contributed by atoms with Crippen molar-refractivity contribution in [3.05, 3.63) is 23.8 Å². The molecule has 0 aromatic heterocycles. The quantitative estimate of drug-likeness (QED) is 0.800. The number of methoxy groups -OCH3 is 1. The minimum absolute atomic E-state index is 0.0618. The minimum atomic E-state index is -0.173. The van der Waals surface area contributed by atoms with E-state index in [0.717, 1.165) is 5.56 Å². The van der Waals surface area contributed by atoms with E-state index < -0.39 is 0 Å². The lowest BCUT2D eigenvalue weighted by Crippen LogP contribution is -2.14. The van der Waals surface area contributed by atoms with Gasteiger partial charge in [-0.2, -0.15) is 0 Å². The standard InChI is InChI=1S/C13H14O5/c1-16-11-4-7(2-3-10(11)14)12-8-5-18-13(15)9(8)6-17-12/h2-4,8-9,12,14H,5-6H2,1H3/t8?,9?,12-/m0/s1. The van der Waals surface area contributed by atoms with Crippen LogP contribution in [0.5, 0.6) is 11.5 Å². The molecule has 1 aromatic rings. The van der Waals surface area contributed by atoms with E-state index in [1.807, 2.05) is 0 Å². The van der Waals surface area contributed by atoms with Crippen LogP contribution in [0.3, 0.4) is 0 Å². The molecule has 3 atom stereocenters. The van der Waals surface area contributed by atoms with Crippen LogP contribution in [-0.4, -0.2) is 31.4 Å². The van der Waals surface area contributed by atoms with Crippen LogP contribution >= 0.6 is 0 Å². The zero-order chi connectivity index (χ0) is 12.7. The SMILES string of the molecule is COc1cc([C@@H]2OCC3C(=O)OCC32)ccc1O. The van der Waals surface area contributed by atoms with Gasteiger partial charge in [-0.05, 0) is 17.7 Å². The van der Waals surface area contributed by atoms with Crippen LogP contribution in [0.15, 0.2) is 18.2 Å². The fraction of sp³-hybridized carbons (Fsp3) is 0.462. The molecule has 2 fully saturated rings. The van der Waals surface area contributed by atoms with Crippen molar-refractivity contribution >= 4 is 5.97 Å². The molecule has 2 saturated heterocycles. The van der Waals surface area contributed by atoms with Crippen LogP contribution in [0.2, 0.25) is 0 Å². The first-order valence-electron chi connectivity index (χ1n) is 5.86. The smallest absolute Gasteiger partial charge is 0.311 e. The van der Waals surface area contributed by atoms with Crippen molar-refractivity contribution in [2.24, 2.45) is 11.8 Å². The van der Waals surface area contributed by atoms with Crippen LogP contribution in [0.4, 0.5) is 0 Å². The maximum atomic E-state index is 11.4. The number of ether oxygens (including phenoxy) is 3. The normalized spacial score (nSPS) is 30.1. The fourth-order valence-corrected chi connectivity index (χ4v) is 2.61. The molecule has 0 aliphatic carbocycles. The third-order valence-electron chi connectivity index (χ3n) is 3.61. The van der Waals surface area contributed by atoms with Gasteiger partial charge < -0.3 is 19.3 Å². The molecule has 1 N–H and O–H groups in total. The van der Waals surface area contributed by atoms with E-state index in [9.17, 15) is 9.90 Å². The summed E-state index contributed by atoms with van der Waals surface area (Å²) in [6.45, 7) is 0.800. The lowest BCUT2D eigenvalue weighted by molar-refractivity contribution is -0.142. The molecule has 3 rings (SSSR count). The number of cyclic esters (lactones) is 1. The Bertz CT molecular complexity index is 484. The summed E-state index contributed by atoms with van der Waals surface area (Å²) in [6.07, 6.45) is -0.170. The van der Waals surface area contributed by atoms with Crippen LogP contribution < -0.4 is 4.74 Å². The first kappa shape index (κ1) is 11.3. The second-order valence-corrected chi connectivity index (χ2v) is 4.59. The van der Waals surface area contributed by atoms with Gasteiger partial charge in [0.15, 0.2) is 11.5 Å². The molecule has 0 amide bonds. The van der Waals surface area contributed by atoms with Gasteiger partial charge in [0.2, 0.25) is 0 Å². The third-order valence-corrected chi connectivity index (χ3v) is 3.61. The van der Waals surface area contributed by atoms with Gasteiger partial charge in [-0.15, -0.1) is 0 Å². The molecule has 0 radical (unpaired) electrons. The molecular formula is C13H14O5. The van der Waals surface area contributed by atoms with Crippen molar-refractivity contribution in [3.63, 3.8) is 0 Å². The Kier molecular flexibility index (Phi) is 2.63. The van der Waals surface area contributed by atoms with Crippen LogP contribution in [0.1, 0.15) is 11.7 Å². The molecule has 18 heavy (non-hydrogen) atoms. The third kappa shape index (κ3) is 1.62. The van der Waals surface area contributed by atoms with Gasteiger partial charge in [0.05, 0.1) is 32.3 Å². The monoisotopic (exact) mass is 250 g/mol. The topological polar surface area (TPSA) is 65.0 Å². The van der Waals surface area contributed by atoms with Gasteiger partial charge in [0.25, 0.3) is 0 Å². The van der Waals surface area contributed by atoms with E-state index in [-0.39, 0.29) is 29.7 Å². The summed E-state index contributed by atoms with van der Waals surface area (Å²) in [7, 11) is 1.50. The minimum Gasteiger partial charge on any atom is -0.504 e. The molecule has 0 spiro atoms. The summed E-state index contributed by atoms with van der Waals surface area (Å²) in [5.41, 5.74) is 0.899. The number of fused-ring (bicyclic) bond motifs is 1. The molecule has 0 bridgehead atoms. The number of hydrogen-bond acceptors (Lipinski definition) is 5. The molecule has 2 unspecified atom stereocenters. The highest BCUT2D eigenvalue weighted by atomic mass is 16.6. The van der Waals surface area contributed by atoms with Crippen LogP contribution in [0.25, 0.3) is 0 Å². The van der Waals surface area contributed by atoms with Crippen molar-refractivity contribution in [3.8, 4) is 11.5 Å². The number of phenolic OH excluding ortho intramolecular Hbond substituents is 1. The number of rotatable bonds is 2. The predicted octanol–water partition coefficient (Wildman–Crippen LogP) is 1.26. The van der Waals surface area contributed by atoms with Gasteiger partial charge in [0.1, 0.15) is 0 Å². The van der Waals surface area contributed by atoms with E-state index in [0.29, 0.717) is 19.0 Å². The number of carbonyl (C=O) groups excluding carboxylic acids is 1. The van der Waals surface area contributed by atoms with Crippen LogP contribution in [-0.2, 0) is 14.3 Å². The predicted molar refractivity (Wildman–Crippen MR) is 61.3 cm³/mol. The van der Waals surface area contributed by atoms with Crippen molar-refractivity contribution in [1.29, 1.82) is 0 Å². The zero-order valence-corrected chi connectivity index (χ0v) is 9.96. The Morgan fingerprint density at radius 2 is 2.22 bits per heavy atom. The first-order valence-corrected chi connectivity index (χ1v) is 5.86. The van der Waals surface area contributed by atoms with Crippen LogP contribution in [0, 0.1) is 11.8 Å². The Morgan fingerprint density at radius 1 is 1.39 bits per heavy atom. The number of hydrogen-bond donors (Lipinski definition) is 1. The van der Waals surface area contributed by atoms with Gasteiger partial charge >= 0.3 is 5.97 Å². The first-order chi connectivity index (χ1) is 8.70. The van der Waals surface area contributed by atoms with Crippen molar-refractivity contribution in [2.75, 3.05) is 20.3 Å². The molecular weight excluding hydrogens is 236 g/mol. The summed E-state index contributed by atoms with van der Waals surface area (Å²) < 4.78 is 15.8. The highest BCUT2D eigenvalue weighted by molar-refractivity contribution is 5.75. The van der Waals surface area contributed by atoms with Gasteiger partial charge in [0, 0.05) is 5.92 Å². The molecule has 2 aliphatic rings. The maximum Gasteiger partial charge on any atom is 0.311 e. The highest BCUT2D eigenvalue weighted by Gasteiger charge is 2.48. The lowest BCUT2D eigenvalue weighted by atomic mass is 9.90. The molecule has 5 heteroatoms. The van der Waals surface area contributed by atoms with E-state index in [1.54, 1.807) is 18.2 Å². The number of esters is 1. The number of benzene rings is 1.